The Bertz CT molecular complexity index is 882. The van der Waals surface area contributed by atoms with Gasteiger partial charge in [0.25, 0.3) is 0 Å². The Labute approximate surface area is 290 Å². The first-order chi connectivity index (χ1) is 23.5. The summed E-state index contributed by atoms with van der Waals surface area (Å²) in [5.74, 6) is 0. The molecule has 3 saturated heterocycles. The second-order valence-electron chi connectivity index (χ2n) is 13.7. The van der Waals surface area contributed by atoms with Crippen molar-refractivity contribution in [3.05, 3.63) is 0 Å². The van der Waals surface area contributed by atoms with Crippen LogP contribution in [0.4, 0.5) is 0 Å². The van der Waals surface area contributed by atoms with Crippen LogP contribution in [0.25, 0.3) is 0 Å². The Hall–Kier alpha value is -0.640. The molecule has 0 aromatic carbocycles. The fraction of sp³-hybridized carbons (Fsp3) is 1.00. The molecule has 3 unspecified atom stereocenters. The van der Waals surface area contributed by atoms with Crippen LogP contribution in [0.2, 0.25) is 0 Å². The van der Waals surface area contributed by atoms with E-state index < -0.39 is 98.6 Å². The van der Waals surface area contributed by atoms with Gasteiger partial charge < -0.3 is 81.4 Å². The Morgan fingerprint density at radius 1 is 0.449 bits per heavy atom. The lowest BCUT2D eigenvalue weighted by atomic mass is 9.96. The van der Waals surface area contributed by atoms with Crippen LogP contribution in [0, 0.1) is 0 Å². The highest BCUT2D eigenvalue weighted by molar-refractivity contribution is 4.95. The molecule has 16 nitrogen and oxygen atoms in total. The summed E-state index contributed by atoms with van der Waals surface area (Å²) in [7, 11) is 0. The second kappa shape index (κ2) is 22.4. The molecule has 49 heavy (non-hydrogen) atoms. The van der Waals surface area contributed by atoms with E-state index in [4.69, 9.17) is 45.6 Å². The van der Waals surface area contributed by atoms with Gasteiger partial charge in [0, 0.05) is 13.2 Å². The van der Waals surface area contributed by atoms with Crippen LogP contribution in [0.3, 0.4) is 0 Å². The zero-order valence-electron chi connectivity index (χ0n) is 29.0. The van der Waals surface area contributed by atoms with Crippen LogP contribution >= 0.6 is 0 Å². The lowest BCUT2D eigenvalue weighted by molar-refractivity contribution is -0.322. The monoisotopic (exact) mass is 711 g/mol. The molecule has 0 radical (unpaired) electrons. The van der Waals surface area contributed by atoms with Crippen LogP contribution in [-0.4, -0.2) is 154 Å². The first kappa shape index (κ1) is 42.8. The molecule has 290 valence electrons. The predicted octanol–water partition coefficient (Wildman–Crippen LogP) is -1.56. The third kappa shape index (κ3) is 12.8. The standard InChI is InChI=1S/C33H65N3O13/c1-2-3-4-5-6-7-8-9-10-11-12-13-14-15-44-31-22(35)27(40)25(38)20(48-31)17-45-32-23(36)28(41)26(39)21(49-32)18-46-33-30(43)29(42)24(37)19(16-34)47-33/h19-33,37-43H,2-18,34-36H2,1H3/t19-,20-,21-,22-,23-,24+,25+,26-,27-,28-,29+,30-,31?,32?,33?/m1/s1. The van der Waals surface area contributed by atoms with E-state index in [-0.39, 0.29) is 13.2 Å². The molecule has 0 aromatic heterocycles. The van der Waals surface area contributed by atoms with Gasteiger partial charge in [-0.2, -0.15) is 0 Å². The third-order valence-corrected chi connectivity index (χ3v) is 9.78. The minimum Gasteiger partial charge on any atom is -0.388 e. The van der Waals surface area contributed by atoms with Crippen molar-refractivity contribution in [2.75, 3.05) is 26.4 Å². The van der Waals surface area contributed by atoms with Gasteiger partial charge >= 0.3 is 0 Å². The molecule has 13 N–H and O–H groups in total. The van der Waals surface area contributed by atoms with E-state index in [0.29, 0.717) is 6.61 Å². The topological polar surface area (TPSA) is 275 Å². The molecule has 0 spiro atoms. The van der Waals surface area contributed by atoms with Gasteiger partial charge in [0.15, 0.2) is 18.9 Å². The highest BCUT2D eigenvalue weighted by Gasteiger charge is 2.48. The summed E-state index contributed by atoms with van der Waals surface area (Å²) in [5, 5.41) is 72.7. The molecule has 0 aliphatic carbocycles. The second-order valence-corrected chi connectivity index (χ2v) is 13.7. The highest BCUT2D eigenvalue weighted by atomic mass is 16.7. The molecule has 0 amide bonds. The predicted molar refractivity (Wildman–Crippen MR) is 177 cm³/mol. The third-order valence-electron chi connectivity index (χ3n) is 9.78. The molecule has 3 aliphatic rings. The van der Waals surface area contributed by atoms with E-state index in [1.807, 2.05) is 0 Å². The van der Waals surface area contributed by atoms with Gasteiger partial charge in [-0.25, -0.2) is 0 Å². The molecule has 16 heteroatoms. The van der Waals surface area contributed by atoms with Crippen LogP contribution in [-0.2, 0) is 28.4 Å². The van der Waals surface area contributed by atoms with Gasteiger partial charge in [-0.3, -0.25) is 0 Å². The summed E-state index contributed by atoms with van der Waals surface area (Å²) in [4.78, 5) is 0. The molecule has 15 atom stereocenters. The average Bonchev–Trinajstić information content (AvgIpc) is 3.10. The number of rotatable bonds is 22. The Kier molecular flexibility index (Phi) is 19.6. The normalized spacial score (nSPS) is 40.1. The summed E-state index contributed by atoms with van der Waals surface area (Å²) in [6, 6.07) is -2.20. The van der Waals surface area contributed by atoms with Gasteiger partial charge in [-0.1, -0.05) is 84.0 Å². The van der Waals surface area contributed by atoms with Crippen LogP contribution in [0.1, 0.15) is 90.4 Å². The van der Waals surface area contributed by atoms with E-state index in [2.05, 4.69) is 6.92 Å². The summed E-state index contributed by atoms with van der Waals surface area (Å²) >= 11 is 0. The Morgan fingerprint density at radius 2 is 0.837 bits per heavy atom. The van der Waals surface area contributed by atoms with Crippen LogP contribution in [0.5, 0.6) is 0 Å². The number of nitrogens with two attached hydrogens (primary N) is 3. The fourth-order valence-electron chi connectivity index (χ4n) is 6.43. The van der Waals surface area contributed by atoms with Crippen molar-refractivity contribution in [1.82, 2.24) is 0 Å². The molecule has 3 heterocycles. The largest absolute Gasteiger partial charge is 0.388 e. The maximum absolute atomic E-state index is 10.6. The summed E-state index contributed by atoms with van der Waals surface area (Å²) in [6.45, 7) is 1.69. The first-order valence-electron chi connectivity index (χ1n) is 18.3. The van der Waals surface area contributed by atoms with Crippen molar-refractivity contribution in [3.63, 3.8) is 0 Å². The minimum atomic E-state index is -1.62. The first-order valence-corrected chi connectivity index (χ1v) is 18.3. The van der Waals surface area contributed by atoms with Crippen LogP contribution in [0.15, 0.2) is 0 Å². The molecular formula is C33H65N3O13. The zero-order chi connectivity index (χ0) is 35.9. The maximum Gasteiger partial charge on any atom is 0.186 e. The number of hydrogen-bond donors (Lipinski definition) is 10. The van der Waals surface area contributed by atoms with Gasteiger partial charge in [0.2, 0.25) is 0 Å². The lowest BCUT2D eigenvalue weighted by Crippen LogP contribution is -2.65. The van der Waals surface area contributed by atoms with Crippen molar-refractivity contribution in [3.8, 4) is 0 Å². The van der Waals surface area contributed by atoms with Crippen molar-refractivity contribution < 1.29 is 64.2 Å². The molecular weight excluding hydrogens is 646 g/mol. The van der Waals surface area contributed by atoms with E-state index in [1.165, 1.54) is 64.2 Å². The Morgan fingerprint density at radius 3 is 1.31 bits per heavy atom. The smallest absolute Gasteiger partial charge is 0.186 e. The fourth-order valence-corrected chi connectivity index (χ4v) is 6.43. The van der Waals surface area contributed by atoms with Gasteiger partial charge in [-0.05, 0) is 6.42 Å². The molecule has 3 fully saturated rings. The number of ether oxygens (including phenoxy) is 6. The SMILES string of the molecule is CCCCCCCCCCCCCCCOC1O[C@H](COC2O[C@H](COC3O[C@H](CN)[C@H](O)[C@H](O)[C@H]3O)[C@@H](O)[C@H](O)[C@H]2N)[C@H](O)[C@H](O)[C@H]1N. The van der Waals surface area contributed by atoms with E-state index in [1.54, 1.807) is 0 Å². The number of aliphatic hydroxyl groups is 7. The number of aliphatic hydroxyl groups excluding tert-OH is 7. The van der Waals surface area contributed by atoms with Crippen molar-refractivity contribution >= 4 is 0 Å². The highest BCUT2D eigenvalue weighted by Crippen LogP contribution is 2.27. The quantitative estimate of drug-likeness (QED) is 0.0569. The molecule has 3 aliphatic heterocycles. The summed E-state index contributed by atoms with van der Waals surface area (Å²) in [6.07, 6.45) is -1.58. The average molecular weight is 712 g/mol. The molecule has 3 rings (SSSR count). The van der Waals surface area contributed by atoms with E-state index >= 15 is 0 Å². The maximum atomic E-state index is 10.6. The van der Waals surface area contributed by atoms with Crippen LogP contribution < -0.4 is 17.2 Å². The van der Waals surface area contributed by atoms with Crippen molar-refractivity contribution in [2.45, 2.75) is 182 Å². The van der Waals surface area contributed by atoms with E-state index in [9.17, 15) is 35.7 Å². The Balaban J connectivity index is 1.38. The molecule has 0 saturated carbocycles. The van der Waals surface area contributed by atoms with Crippen molar-refractivity contribution in [1.29, 1.82) is 0 Å². The lowest BCUT2D eigenvalue weighted by Gasteiger charge is -2.44. The minimum absolute atomic E-state index is 0.156. The van der Waals surface area contributed by atoms with Gasteiger partial charge in [0.1, 0.15) is 61.0 Å². The molecule has 0 bridgehead atoms. The van der Waals surface area contributed by atoms with Gasteiger partial charge in [0.05, 0.1) is 25.3 Å². The summed E-state index contributed by atoms with van der Waals surface area (Å²) < 4.78 is 34.2. The molecule has 0 aromatic rings. The summed E-state index contributed by atoms with van der Waals surface area (Å²) in [5.41, 5.74) is 17.7. The zero-order valence-corrected chi connectivity index (χ0v) is 29.0. The van der Waals surface area contributed by atoms with Gasteiger partial charge in [-0.15, -0.1) is 0 Å². The number of hydrogen-bond acceptors (Lipinski definition) is 16. The van der Waals surface area contributed by atoms with E-state index in [0.717, 1.165) is 19.3 Å². The number of unbranched alkanes of at least 4 members (excludes halogenated alkanes) is 12. The van der Waals surface area contributed by atoms with Crippen molar-refractivity contribution in [2.24, 2.45) is 17.2 Å².